The number of nitrogen functional groups attached to an aromatic ring is 2. The van der Waals surface area contributed by atoms with Crippen LogP contribution in [0.5, 0.6) is 0 Å². The number of benzene rings is 1. The third-order valence-corrected chi connectivity index (χ3v) is 2.75. The van der Waals surface area contributed by atoms with E-state index in [9.17, 15) is 0 Å². The number of nitrogens with one attached hydrogen (secondary N) is 1. The molecule has 1 aromatic carbocycles. The number of hydrogen-bond acceptors (Lipinski definition) is 3. The first-order valence-electron chi connectivity index (χ1n) is 5.53. The number of ether oxygens (including phenoxy) is 1. The van der Waals surface area contributed by atoms with Crippen molar-refractivity contribution in [2.24, 2.45) is 0 Å². The van der Waals surface area contributed by atoms with Crippen LogP contribution in [0.3, 0.4) is 0 Å². The molecule has 0 aliphatic heterocycles. The molecule has 0 aliphatic carbocycles. The van der Waals surface area contributed by atoms with Crippen molar-refractivity contribution in [1.82, 2.24) is 4.98 Å². The maximum absolute atomic E-state index is 6.02. The fraction of sp³-hybridized carbons (Fsp3) is 0.231. The maximum Gasteiger partial charge on any atom is 0.0503 e. The van der Waals surface area contributed by atoms with Gasteiger partial charge in [-0.3, -0.25) is 0 Å². The Labute approximate surface area is 101 Å². The van der Waals surface area contributed by atoms with Gasteiger partial charge in [-0.15, -0.1) is 0 Å². The fourth-order valence-electron chi connectivity index (χ4n) is 1.94. The molecule has 4 heteroatoms. The Morgan fingerprint density at radius 2 is 2.12 bits per heavy atom. The van der Waals surface area contributed by atoms with Gasteiger partial charge in [0.2, 0.25) is 0 Å². The predicted octanol–water partition coefficient (Wildman–Crippen LogP) is 2.04. The third-order valence-electron chi connectivity index (χ3n) is 2.75. The van der Waals surface area contributed by atoms with Crippen molar-refractivity contribution in [3.05, 3.63) is 36.0 Å². The van der Waals surface area contributed by atoms with Crippen LogP contribution in [0, 0.1) is 0 Å². The zero-order chi connectivity index (χ0) is 12.3. The summed E-state index contributed by atoms with van der Waals surface area (Å²) in [6.45, 7) is 0.641. The SMILES string of the molecule is COCCc1c(N)cc(N)cc1-c1ccc[nH]1. The molecule has 17 heavy (non-hydrogen) atoms. The van der Waals surface area contributed by atoms with E-state index in [1.165, 1.54) is 0 Å². The van der Waals surface area contributed by atoms with Gasteiger partial charge in [-0.05, 0) is 36.2 Å². The van der Waals surface area contributed by atoms with Gasteiger partial charge in [0.25, 0.3) is 0 Å². The number of H-pyrrole nitrogens is 1. The van der Waals surface area contributed by atoms with Gasteiger partial charge < -0.3 is 21.2 Å². The molecule has 0 fully saturated rings. The minimum Gasteiger partial charge on any atom is -0.399 e. The van der Waals surface area contributed by atoms with Crippen molar-refractivity contribution in [3.8, 4) is 11.3 Å². The van der Waals surface area contributed by atoms with Gasteiger partial charge in [0.15, 0.2) is 0 Å². The van der Waals surface area contributed by atoms with Crippen LogP contribution in [0.4, 0.5) is 11.4 Å². The lowest BCUT2D eigenvalue weighted by molar-refractivity contribution is 0.202. The second-order valence-corrected chi connectivity index (χ2v) is 3.96. The predicted molar refractivity (Wildman–Crippen MR) is 70.6 cm³/mol. The van der Waals surface area contributed by atoms with Crippen LogP contribution in [-0.2, 0) is 11.2 Å². The number of hydrogen-bond donors (Lipinski definition) is 3. The molecule has 2 aromatic rings. The molecule has 0 amide bonds. The van der Waals surface area contributed by atoms with Gasteiger partial charge in [0, 0.05) is 35.9 Å². The summed E-state index contributed by atoms with van der Waals surface area (Å²) in [5.41, 5.74) is 16.4. The summed E-state index contributed by atoms with van der Waals surface area (Å²) in [4.78, 5) is 3.17. The fourth-order valence-corrected chi connectivity index (χ4v) is 1.94. The largest absolute Gasteiger partial charge is 0.399 e. The van der Waals surface area contributed by atoms with E-state index < -0.39 is 0 Å². The molecule has 0 atom stereocenters. The van der Waals surface area contributed by atoms with Crippen LogP contribution in [0.25, 0.3) is 11.3 Å². The third kappa shape index (κ3) is 2.42. The molecule has 0 aliphatic rings. The van der Waals surface area contributed by atoms with Crippen molar-refractivity contribution in [3.63, 3.8) is 0 Å². The standard InChI is InChI=1S/C13H17N3O/c1-17-6-4-10-11(13-3-2-5-16-13)7-9(14)8-12(10)15/h2-3,5,7-8,16H,4,6,14-15H2,1H3. The Bertz CT molecular complexity index is 492. The van der Waals surface area contributed by atoms with Crippen molar-refractivity contribution in [2.45, 2.75) is 6.42 Å². The smallest absolute Gasteiger partial charge is 0.0503 e. The Morgan fingerprint density at radius 3 is 2.76 bits per heavy atom. The van der Waals surface area contributed by atoms with Gasteiger partial charge >= 0.3 is 0 Å². The first-order valence-corrected chi connectivity index (χ1v) is 5.53. The van der Waals surface area contributed by atoms with Gasteiger partial charge in [-0.2, -0.15) is 0 Å². The molecule has 0 bridgehead atoms. The lowest BCUT2D eigenvalue weighted by atomic mass is 9.99. The molecule has 0 spiro atoms. The topological polar surface area (TPSA) is 77.1 Å². The number of nitrogens with two attached hydrogens (primary N) is 2. The van der Waals surface area contributed by atoms with E-state index in [1.54, 1.807) is 13.2 Å². The lowest BCUT2D eigenvalue weighted by Crippen LogP contribution is -2.03. The summed E-state index contributed by atoms with van der Waals surface area (Å²) < 4.78 is 5.11. The number of methoxy groups -OCH3 is 1. The zero-order valence-electron chi connectivity index (χ0n) is 9.86. The lowest BCUT2D eigenvalue weighted by Gasteiger charge is -2.12. The van der Waals surface area contributed by atoms with E-state index in [4.69, 9.17) is 16.2 Å². The summed E-state index contributed by atoms with van der Waals surface area (Å²) in [6.07, 6.45) is 2.66. The van der Waals surface area contributed by atoms with Gasteiger partial charge in [-0.1, -0.05) is 0 Å². The van der Waals surface area contributed by atoms with E-state index in [-0.39, 0.29) is 0 Å². The highest BCUT2D eigenvalue weighted by Crippen LogP contribution is 2.30. The highest BCUT2D eigenvalue weighted by Gasteiger charge is 2.10. The summed E-state index contributed by atoms with van der Waals surface area (Å²) in [7, 11) is 1.68. The molecule has 0 unspecified atom stereocenters. The van der Waals surface area contributed by atoms with Crippen LogP contribution in [0.15, 0.2) is 30.5 Å². The molecule has 1 heterocycles. The van der Waals surface area contributed by atoms with Gasteiger partial charge in [0.05, 0.1) is 6.61 Å². The van der Waals surface area contributed by atoms with Crippen LogP contribution in [0.2, 0.25) is 0 Å². The molecule has 0 radical (unpaired) electrons. The van der Waals surface area contributed by atoms with Crippen molar-refractivity contribution < 1.29 is 4.74 Å². The monoisotopic (exact) mass is 231 g/mol. The Hall–Kier alpha value is -1.94. The molecule has 90 valence electrons. The van der Waals surface area contributed by atoms with E-state index in [0.29, 0.717) is 18.0 Å². The van der Waals surface area contributed by atoms with Gasteiger partial charge in [0.1, 0.15) is 0 Å². The number of rotatable bonds is 4. The highest BCUT2D eigenvalue weighted by molar-refractivity contribution is 5.75. The quantitative estimate of drug-likeness (QED) is 0.705. The van der Waals surface area contributed by atoms with E-state index in [1.807, 2.05) is 24.4 Å². The Kier molecular flexibility index (Phi) is 3.35. The molecule has 1 aromatic heterocycles. The van der Waals surface area contributed by atoms with Crippen LogP contribution < -0.4 is 11.5 Å². The molecule has 0 saturated heterocycles. The van der Waals surface area contributed by atoms with E-state index >= 15 is 0 Å². The molecule has 4 nitrogen and oxygen atoms in total. The Balaban J connectivity index is 2.47. The summed E-state index contributed by atoms with van der Waals surface area (Å²) in [5, 5.41) is 0. The first-order chi connectivity index (χ1) is 8.22. The van der Waals surface area contributed by atoms with Crippen LogP contribution in [-0.4, -0.2) is 18.7 Å². The average Bonchev–Trinajstić information content (AvgIpc) is 2.80. The normalized spacial score (nSPS) is 10.6. The molecular formula is C13H17N3O. The number of aromatic nitrogens is 1. The molecule has 0 saturated carbocycles. The van der Waals surface area contributed by atoms with Crippen LogP contribution >= 0.6 is 0 Å². The highest BCUT2D eigenvalue weighted by atomic mass is 16.5. The summed E-state index contributed by atoms with van der Waals surface area (Å²) in [5.74, 6) is 0. The minimum absolute atomic E-state index is 0.641. The van der Waals surface area contributed by atoms with Crippen molar-refractivity contribution in [2.75, 3.05) is 25.2 Å². The molecule has 5 N–H and O–H groups in total. The summed E-state index contributed by atoms with van der Waals surface area (Å²) in [6, 6.07) is 7.68. The average molecular weight is 231 g/mol. The Morgan fingerprint density at radius 1 is 1.29 bits per heavy atom. The second kappa shape index (κ2) is 4.93. The number of aromatic amines is 1. The summed E-state index contributed by atoms with van der Waals surface area (Å²) >= 11 is 0. The zero-order valence-corrected chi connectivity index (χ0v) is 9.86. The van der Waals surface area contributed by atoms with Crippen LogP contribution in [0.1, 0.15) is 5.56 Å². The van der Waals surface area contributed by atoms with E-state index in [2.05, 4.69) is 4.98 Å². The van der Waals surface area contributed by atoms with Crippen molar-refractivity contribution in [1.29, 1.82) is 0 Å². The maximum atomic E-state index is 6.02. The van der Waals surface area contributed by atoms with E-state index in [0.717, 1.165) is 23.2 Å². The number of anilines is 2. The minimum atomic E-state index is 0.641. The van der Waals surface area contributed by atoms with Crippen molar-refractivity contribution >= 4 is 11.4 Å². The molecule has 2 rings (SSSR count). The first kappa shape index (κ1) is 11.5. The second-order valence-electron chi connectivity index (χ2n) is 3.96. The van der Waals surface area contributed by atoms with Gasteiger partial charge in [-0.25, -0.2) is 0 Å². The molecular weight excluding hydrogens is 214 g/mol.